The number of nitrogens with zero attached hydrogens (tertiary/aromatic N) is 1. The van der Waals surface area contributed by atoms with Crippen molar-refractivity contribution in [3.05, 3.63) is 57.2 Å². The number of aromatic nitrogens is 1. The number of carbonyl (C=O) groups excluding carboxylic acids is 1. The summed E-state index contributed by atoms with van der Waals surface area (Å²) in [4.78, 5) is 14.8. The van der Waals surface area contributed by atoms with Crippen LogP contribution in [0.2, 0.25) is 0 Å². The lowest BCUT2D eigenvalue weighted by Gasteiger charge is -2.21. The first kappa shape index (κ1) is 32.9. The lowest BCUT2D eigenvalue weighted by Crippen LogP contribution is -2.10. The second-order valence-corrected chi connectivity index (χ2v) is 13.0. The van der Waals surface area contributed by atoms with E-state index < -0.39 is 5.60 Å². The molecule has 0 radical (unpaired) electrons. The standard InChI is InChI=1S/C24H26BrNO2.C5H10O.C4H10O/c1-4-16-13-19(25)14-21-23(20(9-11-27-3)15(2)26-24(16)21)18-7-8-22-17(12-18)6-5-10-28-22;1-5(2,3)4-6;1-4(2,3)5/h7-8,12-14H,4-6,9-11H2,1-3H3;4H,1-3H3;5H,1-3H3. The third-order valence-corrected chi connectivity index (χ3v) is 6.39. The van der Waals surface area contributed by atoms with E-state index in [0.717, 1.165) is 60.0 Å². The Hall–Kier alpha value is -2.28. The Morgan fingerprint density at radius 3 is 2.33 bits per heavy atom. The molecule has 0 atom stereocenters. The monoisotopic (exact) mass is 599 g/mol. The highest BCUT2D eigenvalue weighted by molar-refractivity contribution is 9.10. The number of benzene rings is 2. The quantitative estimate of drug-likeness (QED) is 0.300. The Balaban J connectivity index is 0.000000412. The van der Waals surface area contributed by atoms with Crippen molar-refractivity contribution >= 4 is 33.1 Å². The Kier molecular flexibility index (Phi) is 12.1. The number of hydrogen-bond acceptors (Lipinski definition) is 5. The van der Waals surface area contributed by atoms with Crippen LogP contribution in [0.1, 0.15) is 77.3 Å². The number of methoxy groups -OCH3 is 1. The maximum absolute atomic E-state index is 9.83. The van der Waals surface area contributed by atoms with Gasteiger partial charge in [-0.2, -0.15) is 0 Å². The van der Waals surface area contributed by atoms with Crippen LogP contribution in [0.4, 0.5) is 0 Å². The van der Waals surface area contributed by atoms with E-state index in [1.807, 2.05) is 20.8 Å². The number of carbonyl (C=O) groups is 1. The minimum atomic E-state index is -0.500. The first-order valence-electron chi connectivity index (χ1n) is 13.7. The van der Waals surface area contributed by atoms with Crippen LogP contribution in [0.5, 0.6) is 5.75 Å². The highest BCUT2D eigenvalue weighted by Gasteiger charge is 2.19. The average molecular weight is 601 g/mol. The summed E-state index contributed by atoms with van der Waals surface area (Å²) in [5, 5.41) is 9.73. The van der Waals surface area contributed by atoms with Gasteiger partial charge in [-0.05, 0) is 105 Å². The molecule has 5 nitrogen and oxygen atoms in total. The molecule has 2 aromatic carbocycles. The Labute approximate surface area is 243 Å². The van der Waals surface area contributed by atoms with E-state index in [1.54, 1.807) is 27.9 Å². The Morgan fingerprint density at radius 1 is 1.13 bits per heavy atom. The second kappa shape index (κ2) is 14.4. The molecule has 214 valence electrons. The van der Waals surface area contributed by atoms with Gasteiger partial charge in [0.15, 0.2) is 0 Å². The smallest absolute Gasteiger partial charge is 0.125 e. The molecule has 0 unspecified atom stereocenters. The predicted octanol–water partition coefficient (Wildman–Crippen LogP) is 8.06. The zero-order valence-corrected chi connectivity index (χ0v) is 26.8. The number of pyridine rings is 1. The number of aliphatic hydroxyl groups is 1. The summed E-state index contributed by atoms with van der Waals surface area (Å²) in [6, 6.07) is 11.0. The SMILES string of the molecule is CC(C)(C)C=O.CC(C)(C)O.CCc1cc(Br)cc2c(-c3ccc4c(c3)CCCO4)c(CCOC)c(C)nc12. The molecule has 2 heterocycles. The van der Waals surface area contributed by atoms with Crippen molar-refractivity contribution < 1.29 is 19.4 Å². The molecule has 0 spiro atoms. The first-order valence-corrected chi connectivity index (χ1v) is 14.5. The van der Waals surface area contributed by atoms with Crippen molar-refractivity contribution in [3.63, 3.8) is 0 Å². The molecule has 6 heteroatoms. The molecule has 4 rings (SSSR count). The third kappa shape index (κ3) is 10.3. The summed E-state index contributed by atoms with van der Waals surface area (Å²) in [7, 11) is 1.76. The van der Waals surface area contributed by atoms with Crippen molar-refractivity contribution in [1.82, 2.24) is 4.98 Å². The molecule has 1 aliphatic heterocycles. The molecule has 0 aliphatic carbocycles. The fraction of sp³-hybridized carbons (Fsp3) is 0.515. The lowest BCUT2D eigenvalue weighted by molar-refractivity contribution is -0.113. The van der Waals surface area contributed by atoms with Crippen LogP contribution in [-0.4, -0.2) is 42.3 Å². The van der Waals surface area contributed by atoms with Crippen molar-refractivity contribution in [3.8, 4) is 16.9 Å². The number of hydrogen-bond donors (Lipinski definition) is 1. The molecule has 3 aromatic rings. The van der Waals surface area contributed by atoms with E-state index in [1.165, 1.54) is 33.2 Å². The van der Waals surface area contributed by atoms with Gasteiger partial charge in [-0.3, -0.25) is 4.98 Å². The number of rotatable bonds is 5. The van der Waals surface area contributed by atoms with Crippen LogP contribution in [0, 0.1) is 12.3 Å². The topological polar surface area (TPSA) is 68.7 Å². The summed E-state index contributed by atoms with van der Waals surface area (Å²) >= 11 is 3.71. The molecule has 0 amide bonds. The van der Waals surface area contributed by atoms with Crippen LogP contribution in [0.3, 0.4) is 0 Å². The minimum absolute atomic E-state index is 0.139. The maximum Gasteiger partial charge on any atom is 0.125 e. The summed E-state index contributed by atoms with van der Waals surface area (Å²) < 4.78 is 12.3. The number of ether oxygens (including phenoxy) is 2. The molecule has 0 saturated carbocycles. The molecule has 1 N–H and O–H groups in total. The zero-order valence-electron chi connectivity index (χ0n) is 25.2. The molecule has 39 heavy (non-hydrogen) atoms. The largest absolute Gasteiger partial charge is 0.493 e. The van der Waals surface area contributed by atoms with Gasteiger partial charge in [0, 0.05) is 28.1 Å². The minimum Gasteiger partial charge on any atom is -0.493 e. The fourth-order valence-corrected chi connectivity index (χ4v) is 4.69. The number of fused-ring (bicyclic) bond motifs is 2. The molecular formula is C33H46BrNO4. The number of aldehydes is 1. The van der Waals surface area contributed by atoms with Crippen LogP contribution >= 0.6 is 15.9 Å². The van der Waals surface area contributed by atoms with Crippen LogP contribution < -0.4 is 4.74 Å². The van der Waals surface area contributed by atoms with Crippen LogP contribution in [-0.2, 0) is 28.8 Å². The van der Waals surface area contributed by atoms with Crippen molar-refractivity contribution in [1.29, 1.82) is 0 Å². The summed E-state index contributed by atoms with van der Waals surface area (Å²) in [6.07, 6.45) is 4.89. The van der Waals surface area contributed by atoms with Gasteiger partial charge in [-0.1, -0.05) is 49.7 Å². The highest BCUT2D eigenvalue weighted by Crippen LogP contribution is 2.39. The zero-order chi connectivity index (χ0) is 29.4. The normalized spacial score (nSPS) is 12.9. The van der Waals surface area contributed by atoms with Gasteiger partial charge >= 0.3 is 0 Å². The van der Waals surface area contributed by atoms with Gasteiger partial charge < -0.3 is 19.4 Å². The summed E-state index contributed by atoms with van der Waals surface area (Å²) in [5.41, 5.74) is 7.92. The van der Waals surface area contributed by atoms with Crippen LogP contribution in [0.25, 0.3) is 22.0 Å². The first-order chi connectivity index (χ1) is 18.2. The van der Waals surface area contributed by atoms with E-state index in [4.69, 9.17) is 19.6 Å². The van der Waals surface area contributed by atoms with Crippen molar-refractivity contribution in [2.75, 3.05) is 20.3 Å². The molecule has 0 saturated heterocycles. The summed E-state index contributed by atoms with van der Waals surface area (Å²) in [5.74, 6) is 1.03. The molecule has 1 aliphatic rings. The van der Waals surface area contributed by atoms with Crippen molar-refractivity contribution in [2.24, 2.45) is 5.41 Å². The van der Waals surface area contributed by atoms with E-state index in [2.05, 4.69) is 60.1 Å². The molecule has 0 bridgehead atoms. The number of aryl methyl sites for hydroxylation is 3. The third-order valence-electron chi connectivity index (χ3n) is 5.93. The van der Waals surface area contributed by atoms with E-state index in [-0.39, 0.29) is 5.41 Å². The molecule has 0 fully saturated rings. The van der Waals surface area contributed by atoms with Gasteiger partial charge in [0.2, 0.25) is 0 Å². The summed E-state index contributed by atoms with van der Waals surface area (Å²) in [6.45, 7) is 16.7. The Bertz CT molecular complexity index is 1250. The molecule has 1 aromatic heterocycles. The highest BCUT2D eigenvalue weighted by atomic mass is 79.9. The maximum atomic E-state index is 9.83. The van der Waals surface area contributed by atoms with Gasteiger partial charge in [-0.15, -0.1) is 0 Å². The lowest BCUT2D eigenvalue weighted by atomic mass is 9.90. The molecular weight excluding hydrogens is 554 g/mol. The van der Waals surface area contributed by atoms with Crippen molar-refractivity contribution in [2.45, 2.75) is 86.7 Å². The van der Waals surface area contributed by atoms with E-state index in [9.17, 15) is 4.79 Å². The van der Waals surface area contributed by atoms with E-state index in [0.29, 0.717) is 6.61 Å². The van der Waals surface area contributed by atoms with Gasteiger partial charge in [0.25, 0.3) is 0 Å². The number of halogens is 1. The fourth-order valence-electron chi connectivity index (χ4n) is 4.18. The van der Waals surface area contributed by atoms with Gasteiger partial charge in [0.1, 0.15) is 12.0 Å². The predicted molar refractivity (Wildman–Crippen MR) is 166 cm³/mol. The van der Waals surface area contributed by atoms with Gasteiger partial charge in [-0.25, -0.2) is 0 Å². The Morgan fingerprint density at radius 2 is 1.77 bits per heavy atom. The van der Waals surface area contributed by atoms with Gasteiger partial charge in [0.05, 0.1) is 24.3 Å². The van der Waals surface area contributed by atoms with Crippen LogP contribution in [0.15, 0.2) is 34.8 Å². The average Bonchev–Trinajstić information content (AvgIpc) is 2.85. The second-order valence-electron chi connectivity index (χ2n) is 12.0. The van der Waals surface area contributed by atoms with E-state index >= 15 is 0 Å².